The van der Waals surface area contributed by atoms with Gasteiger partial charge in [-0.05, 0) is 43.4 Å². The van der Waals surface area contributed by atoms with Crippen LogP contribution in [0.5, 0.6) is 0 Å². The smallest absolute Gasteiger partial charge is 0.0459 e. The van der Waals surface area contributed by atoms with Crippen LogP contribution in [0.3, 0.4) is 0 Å². The first kappa shape index (κ1) is 9.05. The largest absolute Gasteiger partial charge is 0.396 e. The van der Waals surface area contributed by atoms with Gasteiger partial charge in [-0.1, -0.05) is 13.8 Å². The summed E-state index contributed by atoms with van der Waals surface area (Å²) >= 11 is 0. The van der Waals surface area contributed by atoms with Gasteiger partial charge in [-0.25, -0.2) is 0 Å². The first-order valence-corrected chi connectivity index (χ1v) is 4.85. The highest BCUT2D eigenvalue weighted by Gasteiger charge is 2.22. The maximum Gasteiger partial charge on any atom is 0.0459 e. The Morgan fingerprint density at radius 3 is 2.09 bits per heavy atom. The van der Waals surface area contributed by atoms with Crippen LogP contribution in [0.1, 0.15) is 39.5 Å². The molecule has 0 aliphatic heterocycles. The van der Waals surface area contributed by atoms with Crippen LogP contribution in [0.15, 0.2) is 0 Å². The van der Waals surface area contributed by atoms with Gasteiger partial charge >= 0.3 is 0 Å². The lowest BCUT2D eigenvalue weighted by Gasteiger charge is -2.29. The molecular weight excluding hydrogens is 136 g/mol. The van der Waals surface area contributed by atoms with Gasteiger partial charge < -0.3 is 5.11 Å². The Kier molecular flexibility index (Phi) is 3.38. The maximum absolute atomic E-state index is 8.92. The Labute approximate surface area is 69.8 Å². The van der Waals surface area contributed by atoms with E-state index >= 15 is 0 Å². The van der Waals surface area contributed by atoms with Crippen molar-refractivity contribution in [3.63, 3.8) is 0 Å². The normalized spacial score (nSPS) is 32.7. The summed E-state index contributed by atoms with van der Waals surface area (Å²) in [6.45, 7) is 5.03. The van der Waals surface area contributed by atoms with E-state index in [1.807, 2.05) is 0 Å². The first-order chi connectivity index (χ1) is 5.24. The fourth-order valence-electron chi connectivity index (χ4n) is 2.04. The molecule has 11 heavy (non-hydrogen) atoms. The highest BCUT2D eigenvalue weighted by molar-refractivity contribution is 4.73. The summed E-state index contributed by atoms with van der Waals surface area (Å²) in [4.78, 5) is 0. The van der Waals surface area contributed by atoms with Gasteiger partial charge in [0.1, 0.15) is 0 Å². The van der Waals surface area contributed by atoms with E-state index in [0.717, 1.165) is 11.8 Å². The quantitative estimate of drug-likeness (QED) is 0.651. The van der Waals surface area contributed by atoms with Crippen molar-refractivity contribution in [2.24, 2.45) is 17.8 Å². The third kappa shape index (κ3) is 2.48. The Bertz CT molecular complexity index is 101. The zero-order valence-electron chi connectivity index (χ0n) is 7.71. The van der Waals surface area contributed by atoms with Gasteiger partial charge in [0.15, 0.2) is 0 Å². The van der Waals surface area contributed by atoms with Crippen LogP contribution in [-0.4, -0.2) is 11.7 Å². The van der Waals surface area contributed by atoms with Gasteiger partial charge in [0, 0.05) is 6.61 Å². The summed E-state index contributed by atoms with van der Waals surface area (Å²) in [7, 11) is 0. The van der Waals surface area contributed by atoms with Crippen LogP contribution in [0.4, 0.5) is 0 Å². The van der Waals surface area contributed by atoms with Crippen molar-refractivity contribution >= 4 is 0 Å². The number of rotatable bonds is 2. The molecule has 0 amide bonds. The minimum Gasteiger partial charge on any atom is -0.396 e. The van der Waals surface area contributed by atoms with Crippen LogP contribution in [-0.2, 0) is 0 Å². The third-order valence-electron chi connectivity index (χ3n) is 3.09. The molecule has 66 valence electrons. The molecule has 0 unspecified atom stereocenters. The molecular formula is C10H20O. The van der Waals surface area contributed by atoms with E-state index in [9.17, 15) is 0 Å². The summed E-state index contributed by atoms with van der Waals surface area (Å²) in [5.74, 6) is 2.39. The van der Waals surface area contributed by atoms with Crippen molar-refractivity contribution in [1.82, 2.24) is 0 Å². The average molecular weight is 156 g/mol. The highest BCUT2D eigenvalue weighted by atomic mass is 16.3. The van der Waals surface area contributed by atoms with E-state index < -0.39 is 0 Å². The minimum absolute atomic E-state index is 0.408. The van der Waals surface area contributed by atoms with Gasteiger partial charge in [0.25, 0.3) is 0 Å². The van der Waals surface area contributed by atoms with E-state index in [1.165, 1.54) is 25.7 Å². The Balaban J connectivity index is 2.24. The Morgan fingerprint density at radius 2 is 1.73 bits per heavy atom. The summed E-state index contributed by atoms with van der Waals surface area (Å²) in [6, 6.07) is 0. The van der Waals surface area contributed by atoms with Crippen molar-refractivity contribution < 1.29 is 5.11 Å². The van der Waals surface area contributed by atoms with Crippen LogP contribution in [0.25, 0.3) is 0 Å². The molecule has 1 aliphatic rings. The van der Waals surface area contributed by atoms with Crippen molar-refractivity contribution in [1.29, 1.82) is 0 Å². The molecule has 0 spiro atoms. The zero-order chi connectivity index (χ0) is 8.27. The van der Waals surface area contributed by atoms with Gasteiger partial charge in [0.2, 0.25) is 0 Å². The standard InChI is InChI=1S/C10H20O/c1-8(2)10-5-3-9(7-11)4-6-10/h8-11H,3-7H2,1-2H3/t9-,10+. The molecule has 1 saturated carbocycles. The SMILES string of the molecule is CC(C)[C@H]1CC[C@@H](CO)CC1. The molecule has 0 atom stereocenters. The first-order valence-electron chi connectivity index (χ1n) is 4.85. The predicted molar refractivity (Wildman–Crippen MR) is 47.4 cm³/mol. The number of aliphatic hydroxyl groups excluding tert-OH is 1. The molecule has 1 nitrogen and oxygen atoms in total. The second-order valence-corrected chi connectivity index (χ2v) is 4.21. The summed E-state index contributed by atoms with van der Waals surface area (Å²) in [5.41, 5.74) is 0. The number of hydrogen-bond acceptors (Lipinski definition) is 1. The molecule has 1 aliphatic carbocycles. The molecule has 1 N–H and O–H groups in total. The molecule has 0 aromatic rings. The lowest BCUT2D eigenvalue weighted by Crippen LogP contribution is -2.20. The zero-order valence-corrected chi connectivity index (χ0v) is 7.71. The van der Waals surface area contributed by atoms with Crippen LogP contribution < -0.4 is 0 Å². The summed E-state index contributed by atoms with van der Waals surface area (Å²) < 4.78 is 0. The molecule has 0 aromatic heterocycles. The van der Waals surface area contributed by atoms with Crippen molar-refractivity contribution in [2.45, 2.75) is 39.5 Å². The molecule has 1 rings (SSSR count). The van der Waals surface area contributed by atoms with E-state index in [1.54, 1.807) is 0 Å². The van der Waals surface area contributed by atoms with Crippen molar-refractivity contribution in [3.8, 4) is 0 Å². The number of hydrogen-bond donors (Lipinski definition) is 1. The van der Waals surface area contributed by atoms with Gasteiger partial charge in [0.05, 0.1) is 0 Å². The molecule has 0 radical (unpaired) electrons. The minimum atomic E-state index is 0.408. The molecule has 1 heteroatoms. The monoisotopic (exact) mass is 156 g/mol. The van der Waals surface area contributed by atoms with E-state index in [0.29, 0.717) is 12.5 Å². The molecule has 0 aromatic carbocycles. The number of aliphatic hydroxyl groups is 1. The molecule has 0 bridgehead atoms. The highest BCUT2D eigenvalue weighted by Crippen LogP contribution is 2.32. The second kappa shape index (κ2) is 4.10. The fraction of sp³-hybridized carbons (Fsp3) is 1.00. The Morgan fingerprint density at radius 1 is 1.18 bits per heavy atom. The predicted octanol–water partition coefficient (Wildman–Crippen LogP) is 2.44. The maximum atomic E-state index is 8.92. The van der Waals surface area contributed by atoms with Gasteiger partial charge in [-0.2, -0.15) is 0 Å². The van der Waals surface area contributed by atoms with Gasteiger partial charge in [-0.15, -0.1) is 0 Å². The van der Waals surface area contributed by atoms with Crippen LogP contribution >= 0.6 is 0 Å². The van der Waals surface area contributed by atoms with E-state index in [4.69, 9.17) is 5.11 Å². The summed E-state index contributed by atoms with van der Waals surface area (Å²) in [6.07, 6.45) is 5.17. The van der Waals surface area contributed by atoms with Crippen molar-refractivity contribution in [2.75, 3.05) is 6.61 Å². The average Bonchev–Trinajstić information content (AvgIpc) is 2.05. The topological polar surface area (TPSA) is 20.2 Å². The third-order valence-corrected chi connectivity index (χ3v) is 3.09. The van der Waals surface area contributed by atoms with Crippen LogP contribution in [0.2, 0.25) is 0 Å². The van der Waals surface area contributed by atoms with E-state index in [-0.39, 0.29) is 0 Å². The van der Waals surface area contributed by atoms with Gasteiger partial charge in [-0.3, -0.25) is 0 Å². The summed E-state index contributed by atoms with van der Waals surface area (Å²) in [5, 5.41) is 8.92. The second-order valence-electron chi connectivity index (χ2n) is 4.21. The van der Waals surface area contributed by atoms with Crippen LogP contribution in [0, 0.1) is 17.8 Å². The molecule has 0 heterocycles. The fourth-order valence-corrected chi connectivity index (χ4v) is 2.04. The lowest BCUT2D eigenvalue weighted by molar-refractivity contribution is 0.151. The molecule has 0 saturated heterocycles. The van der Waals surface area contributed by atoms with E-state index in [2.05, 4.69) is 13.8 Å². The lowest BCUT2D eigenvalue weighted by atomic mass is 9.77. The molecule has 1 fully saturated rings. The van der Waals surface area contributed by atoms with Crippen molar-refractivity contribution in [3.05, 3.63) is 0 Å². The Hall–Kier alpha value is -0.0400.